The maximum Gasteiger partial charge on any atom is 0.219 e. The molecule has 0 radical (unpaired) electrons. The summed E-state index contributed by atoms with van der Waals surface area (Å²) in [5.74, 6) is -0.230. The molecule has 0 rings (SSSR count). The molecule has 37 heavy (non-hydrogen) atoms. The van der Waals surface area contributed by atoms with Crippen LogP contribution in [-0.4, -0.2) is 59.2 Å². The molecule has 2 N–H and O–H groups in total. The van der Waals surface area contributed by atoms with Crippen molar-refractivity contribution in [3.63, 3.8) is 0 Å². The number of rotatable bonds is 26. The highest BCUT2D eigenvalue weighted by molar-refractivity contribution is 7.84. The van der Waals surface area contributed by atoms with Gasteiger partial charge >= 0.3 is 0 Å². The summed E-state index contributed by atoms with van der Waals surface area (Å²) >= 11 is 0. The smallest absolute Gasteiger partial charge is 0.219 e. The summed E-state index contributed by atoms with van der Waals surface area (Å²) < 4.78 is 0. The lowest BCUT2D eigenvalue weighted by atomic mass is 10.0. The first-order valence-corrected chi connectivity index (χ1v) is 16.0. The van der Waals surface area contributed by atoms with Crippen molar-refractivity contribution < 1.29 is 24.1 Å². The van der Waals surface area contributed by atoms with Crippen LogP contribution in [0.5, 0.6) is 0 Å². The maximum absolute atomic E-state index is 12.5. The normalized spacial score (nSPS) is 12.9. The second-order valence-electron chi connectivity index (χ2n) is 10.6. The number of amides is 1. The molecule has 8 heteroatoms. The molecule has 0 saturated heterocycles. The van der Waals surface area contributed by atoms with E-state index in [0.29, 0.717) is 12.8 Å². The zero-order chi connectivity index (χ0) is 27.9. The van der Waals surface area contributed by atoms with Crippen LogP contribution in [0.3, 0.4) is 0 Å². The van der Waals surface area contributed by atoms with Gasteiger partial charge in [0.25, 0.3) is 0 Å². The van der Waals surface area contributed by atoms with Crippen LogP contribution in [0.1, 0.15) is 136 Å². The first-order chi connectivity index (χ1) is 17.7. The third kappa shape index (κ3) is 21.5. The SMILES string of the molecule is CCCCCCCCCCCCCCC(=O)CC(CC(=O)P(O)C(=O)CCCCN(C)C)NC(=O)CC. The van der Waals surface area contributed by atoms with E-state index in [-0.39, 0.29) is 37.4 Å². The molecule has 0 spiro atoms. The molecule has 0 aromatic carbocycles. The Morgan fingerprint density at radius 2 is 1.22 bits per heavy atom. The number of hydrogen-bond donors (Lipinski definition) is 2. The molecule has 0 aliphatic heterocycles. The summed E-state index contributed by atoms with van der Waals surface area (Å²) in [6, 6.07) is -0.663. The fourth-order valence-electron chi connectivity index (χ4n) is 4.29. The standard InChI is InChI=1S/C29H55N2O5P/c1-5-7-8-9-10-11-12-13-14-15-16-17-20-26(32)23-25(30-27(33)6-2)24-29(35)37(36)28(34)21-18-19-22-31(3)4/h25,36H,5-24H2,1-4H3,(H,30,33). The number of Topliss-reactive ketones (excluding diaryl/α,β-unsaturated/α-hetero) is 1. The number of nitrogens with zero attached hydrogens (tertiary/aromatic N) is 1. The highest BCUT2D eigenvalue weighted by atomic mass is 31.1. The van der Waals surface area contributed by atoms with Crippen LogP contribution in [0.4, 0.5) is 0 Å². The van der Waals surface area contributed by atoms with Gasteiger partial charge in [-0.05, 0) is 39.9 Å². The zero-order valence-corrected chi connectivity index (χ0v) is 25.1. The van der Waals surface area contributed by atoms with Crippen LogP contribution >= 0.6 is 8.15 Å². The number of carbonyl (C=O) groups excluding carboxylic acids is 4. The van der Waals surface area contributed by atoms with Gasteiger partial charge in [0.05, 0.1) is 0 Å². The molecule has 1 amide bonds. The van der Waals surface area contributed by atoms with Crippen LogP contribution < -0.4 is 5.32 Å². The van der Waals surface area contributed by atoms with Gasteiger partial charge in [-0.15, -0.1) is 0 Å². The van der Waals surface area contributed by atoms with E-state index < -0.39 is 25.2 Å². The topological polar surface area (TPSA) is 104 Å². The summed E-state index contributed by atoms with van der Waals surface area (Å²) in [6.45, 7) is 4.79. The zero-order valence-electron chi connectivity index (χ0n) is 24.2. The molecule has 0 aliphatic carbocycles. The molecular weight excluding hydrogens is 487 g/mol. The number of ketones is 1. The minimum absolute atomic E-state index is 0.0126. The third-order valence-corrected chi connectivity index (χ3v) is 7.96. The average Bonchev–Trinajstić information content (AvgIpc) is 2.86. The Labute approximate surface area is 227 Å². The van der Waals surface area contributed by atoms with Gasteiger partial charge in [0, 0.05) is 38.1 Å². The van der Waals surface area contributed by atoms with E-state index in [1.54, 1.807) is 6.92 Å². The number of hydrogen-bond acceptors (Lipinski definition) is 6. The lowest BCUT2D eigenvalue weighted by Gasteiger charge is -2.18. The summed E-state index contributed by atoms with van der Waals surface area (Å²) in [5, 5.41) is 2.74. The van der Waals surface area contributed by atoms with Gasteiger partial charge in [0.1, 0.15) is 5.78 Å². The minimum atomic E-state index is -2.40. The molecule has 2 unspecified atom stereocenters. The van der Waals surface area contributed by atoms with Gasteiger partial charge in [-0.3, -0.25) is 19.2 Å². The van der Waals surface area contributed by atoms with Gasteiger partial charge in [-0.2, -0.15) is 0 Å². The van der Waals surface area contributed by atoms with Crippen molar-refractivity contribution >= 4 is 30.9 Å². The van der Waals surface area contributed by atoms with Crippen molar-refractivity contribution in [2.24, 2.45) is 0 Å². The van der Waals surface area contributed by atoms with Crippen LogP contribution in [0.15, 0.2) is 0 Å². The molecule has 0 aliphatic rings. The summed E-state index contributed by atoms with van der Waals surface area (Å²) in [5.41, 5.74) is -0.991. The monoisotopic (exact) mass is 542 g/mol. The molecule has 0 aromatic rings. The first kappa shape index (κ1) is 35.8. The van der Waals surface area contributed by atoms with Crippen molar-refractivity contribution in [2.75, 3.05) is 20.6 Å². The number of unbranched alkanes of at least 4 members (excludes halogenated alkanes) is 12. The Morgan fingerprint density at radius 1 is 0.703 bits per heavy atom. The van der Waals surface area contributed by atoms with E-state index in [1.165, 1.54) is 57.8 Å². The Hall–Kier alpha value is -1.17. The number of nitrogens with one attached hydrogen (secondary N) is 1. The summed E-state index contributed by atoms with van der Waals surface area (Å²) in [6.07, 6.45) is 16.9. The van der Waals surface area contributed by atoms with E-state index in [9.17, 15) is 24.1 Å². The Kier molecular flexibility index (Phi) is 23.2. The molecule has 0 saturated carbocycles. The molecule has 0 fully saturated rings. The average molecular weight is 543 g/mol. The van der Waals surface area contributed by atoms with Gasteiger partial charge in [-0.1, -0.05) is 84.5 Å². The summed E-state index contributed by atoms with van der Waals surface area (Å²) in [4.78, 5) is 61.5. The van der Waals surface area contributed by atoms with Gasteiger partial charge in [0.15, 0.2) is 19.2 Å². The van der Waals surface area contributed by atoms with Crippen molar-refractivity contribution in [3.8, 4) is 0 Å². The van der Waals surface area contributed by atoms with Crippen LogP contribution in [0.2, 0.25) is 0 Å². The Bertz CT molecular complexity index is 642. The van der Waals surface area contributed by atoms with Crippen molar-refractivity contribution in [3.05, 3.63) is 0 Å². The Morgan fingerprint density at radius 3 is 1.73 bits per heavy atom. The lowest BCUT2D eigenvalue weighted by Crippen LogP contribution is -2.37. The van der Waals surface area contributed by atoms with E-state index in [0.717, 1.165) is 32.2 Å². The Balaban J connectivity index is 4.27. The van der Waals surface area contributed by atoms with Crippen LogP contribution in [-0.2, 0) is 19.2 Å². The fourth-order valence-corrected chi connectivity index (χ4v) is 5.33. The molecule has 0 bridgehead atoms. The third-order valence-electron chi connectivity index (χ3n) is 6.61. The molecule has 0 aromatic heterocycles. The van der Waals surface area contributed by atoms with Crippen LogP contribution in [0, 0.1) is 0 Å². The molecule has 216 valence electrons. The second-order valence-corrected chi connectivity index (χ2v) is 12.2. The van der Waals surface area contributed by atoms with Crippen molar-refractivity contribution in [2.45, 2.75) is 142 Å². The van der Waals surface area contributed by atoms with Crippen molar-refractivity contribution in [1.82, 2.24) is 10.2 Å². The van der Waals surface area contributed by atoms with Crippen molar-refractivity contribution in [1.29, 1.82) is 0 Å². The van der Waals surface area contributed by atoms with Gasteiger partial charge in [-0.25, -0.2) is 0 Å². The second kappa shape index (κ2) is 23.9. The highest BCUT2D eigenvalue weighted by Crippen LogP contribution is 2.36. The predicted molar refractivity (Wildman–Crippen MR) is 154 cm³/mol. The highest BCUT2D eigenvalue weighted by Gasteiger charge is 2.28. The first-order valence-electron chi connectivity index (χ1n) is 14.7. The summed E-state index contributed by atoms with van der Waals surface area (Å²) in [7, 11) is 1.50. The van der Waals surface area contributed by atoms with Gasteiger partial charge < -0.3 is 15.1 Å². The van der Waals surface area contributed by atoms with E-state index >= 15 is 0 Å². The maximum atomic E-state index is 12.5. The molecule has 2 atom stereocenters. The largest absolute Gasteiger partial charge is 0.360 e. The van der Waals surface area contributed by atoms with E-state index in [1.807, 2.05) is 19.0 Å². The lowest BCUT2D eigenvalue weighted by molar-refractivity contribution is -0.123. The fraction of sp³-hybridized carbons (Fsp3) is 0.862. The van der Waals surface area contributed by atoms with E-state index in [4.69, 9.17) is 0 Å². The van der Waals surface area contributed by atoms with Gasteiger partial charge in [0.2, 0.25) is 5.91 Å². The molecular formula is C29H55N2O5P. The minimum Gasteiger partial charge on any atom is -0.360 e. The van der Waals surface area contributed by atoms with E-state index in [2.05, 4.69) is 12.2 Å². The number of carbonyl (C=O) groups is 4. The van der Waals surface area contributed by atoms with Crippen LogP contribution in [0.25, 0.3) is 0 Å². The molecule has 7 nitrogen and oxygen atoms in total. The predicted octanol–water partition coefficient (Wildman–Crippen LogP) is 6.50. The molecule has 0 heterocycles. The quantitative estimate of drug-likeness (QED) is 0.0956.